The molecular weight excluding hydrogens is 556 g/mol. The van der Waals surface area contributed by atoms with Gasteiger partial charge in [0.05, 0.1) is 23.9 Å². The number of rotatable bonds is 6. The minimum atomic E-state index is -4.76. The predicted octanol–water partition coefficient (Wildman–Crippen LogP) is 6.89. The van der Waals surface area contributed by atoms with E-state index in [2.05, 4.69) is 4.90 Å². The molecule has 2 heterocycles. The van der Waals surface area contributed by atoms with E-state index in [4.69, 9.17) is 4.74 Å². The average molecular weight is 588 g/mol. The number of ether oxygens (including phenoxy) is 1. The normalized spacial score (nSPS) is 29.3. The molecule has 0 spiro atoms. The first-order chi connectivity index (χ1) is 19.2. The highest BCUT2D eigenvalue weighted by Gasteiger charge is 2.46. The molecular formula is C29H31F6NO5. The number of nitrogens with zero attached hydrogens (tertiary/aromatic N) is 1. The Bertz CT molecular complexity index is 1260. The number of halogens is 6. The second kappa shape index (κ2) is 11.0. The van der Waals surface area contributed by atoms with Gasteiger partial charge in [-0.3, -0.25) is 14.5 Å². The minimum Gasteiger partial charge on any atom is -0.490 e. The Morgan fingerprint density at radius 1 is 0.829 bits per heavy atom. The molecule has 41 heavy (non-hydrogen) atoms. The van der Waals surface area contributed by atoms with Gasteiger partial charge in [-0.05, 0) is 79.8 Å². The molecule has 0 aromatic heterocycles. The number of aliphatic carboxylic acids is 2. The molecule has 6 nitrogen and oxygen atoms in total. The van der Waals surface area contributed by atoms with E-state index in [0.717, 1.165) is 0 Å². The van der Waals surface area contributed by atoms with Crippen molar-refractivity contribution >= 4 is 22.7 Å². The smallest absolute Gasteiger partial charge is 0.420 e. The summed E-state index contributed by atoms with van der Waals surface area (Å²) in [6.45, 7) is 0.339. The lowest BCUT2D eigenvalue weighted by Crippen LogP contribution is -2.55. The third-order valence-electron chi connectivity index (χ3n) is 8.99. The Hall–Kier alpha value is -3.02. The Labute approximate surface area is 232 Å². The zero-order chi connectivity index (χ0) is 29.7. The van der Waals surface area contributed by atoms with Gasteiger partial charge in [0, 0.05) is 18.6 Å². The third-order valence-corrected chi connectivity index (χ3v) is 8.99. The molecule has 2 aromatic rings. The number of piperidine rings is 2. The van der Waals surface area contributed by atoms with Crippen LogP contribution in [0.15, 0.2) is 30.3 Å². The van der Waals surface area contributed by atoms with Gasteiger partial charge in [-0.1, -0.05) is 18.2 Å². The van der Waals surface area contributed by atoms with Crippen LogP contribution in [-0.2, 0) is 22.3 Å². The number of carboxylic acids is 2. The SMILES string of the molecule is O=C(O)C1CC2CC(C(=O)O)CC(C1)N2Cc1ccc2c(C(F)(F)F)c(OC3CCC(C(F)(F)F)CC3)ccc2c1. The van der Waals surface area contributed by atoms with Gasteiger partial charge in [0.15, 0.2) is 0 Å². The molecule has 0 amide bonds. The van der Waals surface area contributed by atoms with E-state index in [1.807, 2.05) is 0 Å². The van der Waals surface area contributed by atoms with E-state index in [1.54, 1.807) is 12.1 Å². The van der Waals surface area contributed by atoms with Gasteiger partial charge in [-0.2, -0.15) is 26.3 Å². The van der Waals surface area contributed by atoms with E-state index < -0.39 is 59.5 Å². The minimum absolute atomic E-state index is 0.0160. The van der Waals surface area contributed by atoms with Crippen LogP contribution in [0, 0.1) is 17.8 Å². The summed E-state index contributed by atoms with van der Waals surface area (Å²) < 4.78 is 87.4. The highest BCUT2D eigenvalue weighted by atomic mass is 19.4. The maximum atomic E-state index is 14.3. The molecule has 224 valence electrons. The fourth-order valence-electron chi connectivity index (χ4n) is 6.95. The zero-order valence-corrected chi connectivity index (χ0v) is 22.0. The average Bonchev–Trinajstić information content (AvgIpc) is 2.87. The number of hydrogen-bond acceptors (Lipinski definition) is 4. The van der Waals surface area contributed by atoms with Gasteiger partial charge < -0.3 is 14.9 Å². The molecule has 5 rings (SSSR count). The Morgan fingerprint density at radius 2 is 1.39 bits per heavy atom. The number of benzene rings is 2. The fraction of sp³-hybridized carbons (Fsp3) is 0.586. The highest BCUT2D eigenvalue weighted by molar-refractivity contribution is 5.89. The number of fused-ring (bicyclic) bond motifs is 3. The standard InChI is InChI=1S/C29H31F6NO5/c30-28(31,32)19-3-5-22(6-4-19)41-24-8-2-16-9-15(1-7-23(16)25(24)29(33,34)35)14-36-20-10-17(26(37)38)11-21(36)13-18(12-20)27(39)40/h1-2,7-9,17-22H,3-6,10-14H2,(H,37,38)(H,39,40). The van der Waals surface area contributed by atoms with Crippen LogP contribution in [-0.4, -0.2) is 51.4 Å². The van der Waals surface area contributed by atoms with Gasteiger partial charge in [-0.25, -0.2) is 0 Å². The predicted molar refractivity (Wildman–Crippen MR) is 135 cm³/mol. The quantitative estimate of drug-likeness (QED) is 0.358. The summed E-state index contributed by atoms with van der Waals surface area (Å²) in [5, 5.41) is 19.3. The van der Waals surface area contributed by atoms with Gasteiger partial charge >= 0.3 is 24.3 Å². The van der Waals surface area contributed by atoms with Crippen molar-refractivity contribution in [2.24, 2.45) is 17.8 Å². The maximum Gasteiger partial charge on any atom is 0.420 e. The molecule has 2 saturated heterocycles. The molecule has 0 radical (unpaired) electrons. The molecule has 2 aliphatic heterocycles. The molecule has 1 aliphatic carbocycles. The maximum absolute atomic E-state index is 14.3. The van der Waals surface area contributed by atoms with Crippen LogP contribution < -0.4 is 4.74 Å². The van der Waals surface area contributed by atoms with E-state index in [0.29, 0.717) is 43.2 Å². The number of hydrogen-bond donors (Lipinski definition) is 2. The van der Waals surface area contributed by atoms with Crippen molar-refractivity contribution in [1.82, 2.24) is 4.90 Å². The van der Waals surface area contributed by atoms with Crippen molar-refractivity contribution in [2.45, 2.75) is 88.5 Å². The Balaban J connectivity index is 1.37. The summed E-state index contributed by atoms with van der Waals surface area (Å²) in [4.78, 5) is 25.4. The first-order valence-electron chi connectivity index (χ1n) is 13.8. The summed E-state index contributed by atoms with van der Waals surface area (Å²) >= 11 is 0. The monoisotopic (exact) mass is 587 g/mol. The Kier molecular flexibility index (Phi) is 7.90. The van der Waals surface area contributed by atoms with E-state index in [9.17, 15) is 46.1 Å². The van der Waals surface area contributed by atoms with Crippen molar-refractivity contribution in [3.63, 3.8) is 0 Å². The molecule has 0 unspecified atom stereocenters. The lowest BCUT2D eigenvalue weighted by Gasteiger charge is -2.49. The zero-order valence-electron chi connectivity index (χ0n) is 22.0. The summed E-state index contributed by atoms with van der Waals surface area (Å²) in [6, 6.07) is 6.75. The van der Waals surface area contributed by atoms with Crippen molar-refractivity contribution < 1.29 is 50.9 Å². The molecule has 3 aliphatic rings. The summed E-state index contributed by atoms with van der Waals surface area (Å²) in [6.07, 6.45) is -8.93. The molecule has 3 fully saturated rings. The third kappa shape index (κ3) is 6.27. The van der Waals surface area contributed by atoms with Crippen LogP contribution in [0.25, 0.3) is 10.8 Å². The van der Waals surface area contributed by atoms with Crippen LogP contribution >= 0.6 is 0 Å². The molecule has 1 saturated carbocycles. The van der Waals surface area contributed by atoms with Gasteiger partial charge in [0.25, 0.3) is 0 Å². The fourth-order valence-corrected chi connectivity index (χ4v) is 6.95. The van der Waals surface area contributed by atoms with Crippen molar-refractivity contribution in [1.29, 1.82) is 0 Å². The van der Waals surface area contributed by atoms with Crippen LogP contribution in [0.3, 0.4) is 0 Å². The van der Waals surface area contributed by atoms with Crippen LogP contribution in [0.5, 0.6) is 5.75 Å². The van der Waals surface area contributed by atoms with Crippen molar-refractivity contribution in [3.8, 4) is 5.75 Å². The lowest BCUT2D eigenvalue weighted by atomic mass is 9.74. The number of carbonyl (C=O) groups is 2. The van der Waals surface area contributed by atoms with Crippen LogP contribution in [0.1, 0.15) is 62.5 Å². The van der Waals surface area contributed by atoms with E-state index in [-0.39, 0.29) is 43.2 Å². The summed E-state index contributed by atoms with van der Waals surface area (Å²) in [5.74, 6) is -4.83. The number of alkyl halides is 6. The van der Waals surface area contributed by atoms with E-state index in [1.165, 1.54) is 18.2 Å². The van der Waals surface area contributed by atoms with Gasteiger partial charge in [-0.15, -0.1) is 0 Å². The Morgan fingerprint density at radius 3 is 1.88 bits per heavy atom. The van der Waals surface area contributed by atoms with Gasteiger partial charge in [0.2, 0.25) is 0 Å². The molecule has 0 atom stereocenters. The largest absolute Gasteiger partial charge is 0.490 e. The van der Waals surface area contributed by atoms with Crippen LogP contribution in [0.4, 0.5) is 26.3 Å². The second-order valence-electron chi connectivity index (χ2n) is 11.6. The summed E-state index contributed by atoms with van der Waals surface area (Å²) in [7, 11) is 0. The number of carboxylic acid groups (broad SMARTS) is 2. The first kappa shape index (κ1) is 29.5. The second-order valence-corrected chi connectivity index (χ2v) is 11.6. The molecule has 12 heteroatoms. The molecule has 2 aromatic carbocycles. The van der Waals surface area contributed by atoms with E-state index >= 15 is 0 Å². The topological polar surface area (TPSA) is 87.1 Å². The van der Waals surface area contributed by atoms with Crippen LogP contribution in [0.2, 0.25) is 0 Å². The van der Waals surface area contributed by atoms with Gasteiger partial charge in [0.1, 0.15) is 11.3 Å². The van der Waals surface area contributed by atoms with Crippen molar-refractivity contribution in [3.05, 3.63) is 41.5 Å². The van der Waals surface area contributed by atoms with Crippen molar-refractivity contribution in [2.75, 3.05) is 0 Å². The first-order valence-corrected chi connectivity index (χ1v) is 13.8. The molecule has 2 N–H and O–H groups in total. The highest BCUT2D eigenvalue weighted by Crippen LogP contribution is 2.45. The summed E-state index contributed by atoms with van der Waals surface area (Å²) in [5.41, 5.74) is -0.259. The molecule has 2 bridgehead atoms. The lowest BCUT2D eigenvalue weighted by molar-refractivity contribution is -0.185.